The Morgan fingerprint density at radius 3 is 2.61 bits per heavy atom. The van der Waals surface area contributed by atoms with E-state index in [4.69, 9.17) is 5.73 Å². The topological polar surface area (TPSA) is 46.3 Å². The summed E-state index contributed by atoms with van der Waals surface area (Å²) in [6.07, 6.45) is 2.07. The van der Waals surface area contributed by atoms with Crippen molar-refractivity contribution in [3.8, 4) is 0 Å². The Hall–Kier alpha value is -1.35. The first-order valence-electron chi connectivity index (χ1n) is 6.68. The molecule has 18 heavy (non-hydrogen) atoms. The molecular formula is C15H22N2O. The number of nitrogens with zero attached hydrogens (tertiary/aromatic N) is 1. The molecule has 1 aliphatic rings. The van der Waals surface area contributed by atoms with Gasteiger partial charge in [0.15, 0.2) is 0 Å². The SMILES string of the molecule is Cc1ccc(C)c(C(=O)N2CCC(CN)CC2)c1. The second-order valence-electron chi connectivity index (χ2n) is 5.29. The van der Waals surface area contributed by atoms with E-state index in [0.29, 0.717) is 5.92 Å². The summed E-state index contributed by atoms with van der Waals surface area (Å²) in [5.74, 6) is 0.763. The molecule has 3 nitrogen and oxygen atoms in total. The summed E-state index contributed by atoms with van der Waals surface area (Å²) in [7, 11) is 0. The predicted octanol–water partition coefficient (Wildman–Crippen LogP) is 2.11. The van der Waals surface area contributed by atoms with Gasteiger partial charge in [0, 0.05) is 18.7 Å². The average molecular weight is 246 g/mol. The van der Waals surface area contributed by atoms with Gasteiger partial charge in [-0.3, -0.25) is 4.79 Å². The number of nitrogens with two attached hydrogens (primary N) is 1. The van der Waals surface area contributed by atoms with E-state index in [0.717, 1.165) is 49.2 Å². The highest BCUT2D eigenvalue weighted by molar-refractivity contribution is 5.95. The summed E-state index contributed by atoms with van der Waals surface area (Å²) in [6, 6.07) is 6.06. The largest absolute Gasteiger partial charge is 0.339 e. The lowest BCUT2D eigenvalue weighted by Gasteiger charge is -2.31. The van der Waals surface area contributed by atoms with Crippen LogP contribution in [0.3, 0.4) is 0 Å². The standard InChI is InChI=1S/C15H22N2O/c1-11-3-4-12(2)14(9-11)15(18)17-7-5-13(10-16)6-8-17/h3-4,9,13H,5-8,10,16H2,1-2H3. The van der Waals surface area contributed by atoms with Crippen LogP contribution in [0.1, 0.15) is 34.3 Å². The van der Waals surface area contributed by atoms with Gasteiger partial charge in [-0.2, -0.15) is 0 Å². The van der Waals surface area contributed by atoms with Crippen molar-refractivity contribution >= 4 is 5.91 Å². The maximum Gasteiger partial charge on any atom is 0.254 e. The van der Waals surface area contributed by atoms with E-state index < -0.39 is 0 Å². The molecule has 1 aromatic carbocycles. The molecule has 3 heteroatoms. The van der Waals surface area contributed by atoms with Crippen LogP contribution in [0, 0.1) is 19.8 Å². The molecule has 0 atom stereocenters. The number of hydrogen-bond donors (Lipinski definition) is 1. The Balaban J connectivity index is 2.10. The van der Waals surface area contributed by atoms with Crippen molar-refractivity contribution in [1.82, 2.24) is 4.90 Å². The highest BCUT2D eigenvalue weighted by Gasteiger charge is 2.23. The molecule has 0 unspecified atom stereocenters. The van der Waals surface area contributed by atoms with Crippen LogP contribution in [0.15, 0.2) is 18.2 Å². The molecule has 98 valence electrons. The number of carbonyl (C=O) groups excluding carboxylic acids is 1. The first kappa shape index (κ1) is 13.1. The summed E-state index contributed by atoms with van der Waals surface area (Å²) < 4.78 is 0. The molecule has 1 aliphatic heterocycles. The minimum absolute atomic E-state index is 0.173. The molecule has 1 saturated heterocycles. The molecular weight excluding hydrogens is 224 g/mol. The molecule has 1 aromatic rings. The van der Waals surface area contributed by atoms with E-state index in [1.54, 1.807) is 0 Å². The van der Waals surface area contributed by atoms with Gasteiger partial charge in [-0.15, -0.1) is 0 Å². The lowest BCUT2D eigenvalue weighted by atomic mass is 9.96. The highest BCUT2D eigenvalue weighted by Crippen LogP contribution is 2.20. The molecule has 1 amide bonds. The fourth-order valence-corrected chi connectivity index (χ4v) is 2.51. The zero-order valence-electron chi connectivity index (χ0n) is 11.3. The Morgan fingerprint density at radius 1 is 1.33 bits per heavy atom. The quantitative estimate of drug-likeness (QED) is 0.868. The molecule has 0 radical (unpaired) electrons. The molecule has 0 saturated carbocycles. The third kappa shape index (κ3) is 2.72. The Labute approximate surface area is 109 Å². The molecule has 0 spiro atoms. The average Bonchev–Trinajstić information content (AvgIpc) is 2.41. The number of amides is 1. The molecule has 0 aromatic heterocycles. The fraction of sp³-hybridized carbons (Fsp3) is 0.533. The minimum atomic E-state index is 0.173. The lowest BCUT2D eigenvalue weighted by Crippen LogP contribution is -2.40. The molecule has 2 rings (SSSR count). The number of piperidine rings is 1. The molecule has 1 fully saturated rings. The zero-order chi connectivity index (χ0) is 13.1. The highest BCUT2D eigenvalue weighted by atomic mass is 16.2. The van der Waals surface area contributed by atoms with Gasteiger partial charge in [-0.05, 0) is 50.8 Å². The van der Waals surface area contributed by atoms with Crippen LogP contribution in [-0.4, -0.2) is 30.4 Å². The van der Waals surface area contributed by atoms with Gasteiger partial charge in [0.05, 0.1) is 0 Å². The summed E-state index contributed by atoms with van der Waals surface area (Å²) in [5.41, 5.74) is 8.73. The minimum Gasteiger partial charge on any atom is -0.339 e. The Morgan fingerprint density at radius 2 is 2.00 bits per heavy atom. The van der Waals surface area contributed by atoms with Crippen LogP contribution in [0.25, 0.3) is 0 Å². The van der Waals surface area contributed by atoms with Crippen LogP contribution in [-0.2, 0) is 0 Å². The van der Waals surface area contributed by atoms with E-state index >= 15 is 0 Å². The fourth-order valence-electron chi connectivity index (χ4n) is 2.51. The van der Waals surface area contributed by atoms with Crippen molar-refractivity contribution in [2.24, 2.45) is 11.7 Å². The van der Waals surface area contributed by atoms with Crippen LogP contribution in [0.5, 0.6) is 0 Å². The number of rotatable bonds is 2. The third-order valence-corrected chi connectivity index (χ3v) is 3.86. The van der Waals surface area contributed by atoms with Crippen LogP contribution < -0.4 is 5.73 Å². The second kappa shape index (κ2) is 5.53. The van der Waals surface area contributed by atoms with E-state index in [1.165, 1.54) is 0 Å². The molecule has 0 aliphatic carbocycles. The van der Waals surface area contributed by atoms with Gasteiger partial charge in [0.25, 0.3) is 5.91 Å². The van der Waals surface area contributed by atoms with Crippen LogP contribution >= 0.6 is 0 Å². The summed E-state index contributed by atoms with van der Waals surface area (Å²) in [6.45, 7) is 6.45. The molecule has 1 heterocycles. The summed E-state index contributed by atoms with van der Waals surface area (Å²) in [4.78, 5) is 14.4. The van der Waals surface area contributed by atoms with Crippen LogP contribution in [0.2, 0.25) is 0 Å². The van der Waals surface area contributed by atoms with Crippen molar-refractivity contribution in [3.63, 3.8) is 0 Å². The number of carbonyl (C=O) groups is 1. The second-order valence-corrected chi connectivity index (χ2v) is 5.29. The van der Waals surface area contributed by atoms with Gasteiger partial charge in [-0.25, -0.2) is 0 Å². The van der Waals surface area contributed by atoms with E-state index in [9.17, 15) is 4.79 Å². The molecule has 0 bridgehead atoms. The van der Waals surface area contributed by atoms with Crippen molar-refractivity contribution < 1.29 is 4.79 Å². The van der Waals surface area contributed by atoms with Gasteiger partial charge in [-0.1, -0.05) is 17.7 Å². The monoisotopic (exact) mass is 246 g/mol. The van der Waals surface area contributed by atoms with Crippen LogP contribution in [0.4, 0.5) is 0 Å². The van der Waals surface area contributed by atoms with E-state index in [2.05, 4.69) is 0 Å². The van der Waals surface area contributed by atoms with Gasteiger partial charge >= 0.3 is 0 Å². The third-order valence-electron chi connectivity index (χ3n) is 3.86. The summed E-state index contributed by atoms with van der Waals surface area (Å²) in [5, 5.41) is 0. The van der Waals surface area contributed by atoms with E-state index in [1.807, 2.05) is 36.9 Å². The Kier molecular flexibility index (Phi) is 4.02. The van der Waals surface area contributed by atoms with Gasteiger partial charge in [0.2, 0.25) is 0 Å². The first-order chi connectivity index (χ1) is 8.61. The maximum absolute atomic E-state index is 12.5. The van der Waals surface area contributed by atoms with Gasteiger partial charge < -0.3 is 10.6 Å². The maximum atomic E-state index is 12.5. The molecule has 2 N–H and O–H groups in total. The summed E-state index contributed by atoms with van der Waals surface area (Å²) >= 11 is 0. The van der Waals surface area contributed by atoms with Crippen molar-refractivity contribution in [2.45, 2.75) is 26.7 Å². The van der Waals surface area contributed by atoms with Crippen molar-refractivity contribution in [2.75, 3.05) is 19.6 Å². The number of benzene rings is 1. The number of aryl methyl sites for hydroxylation is 2. The van der Waals surface area contributed by atoms with Crippen molar-refractivity contribution in [1.29, 1.82) is 0 Å². The Bertz CT molecular complexity index is 434. The number of likely N-dealkylation sites (tertiary alicyclic amines) is 1. The van der Waals surface area contributed by atoms with Gasteiger partial charge in [0.1, 0.15) is 0 Å². The zero-order valence-corrected chi connectivity index (χ0v) is 11.3. The number of hydrogen-bond acceptors (Lipinski definition) is 2. The van der Waals surface area contributed by atoms with E-state index in [-0.39, 0.29) is 5.91 Å². The first-order valence-corrected chi connectivity index (χ1v) is 6.68. The normalized spacial score (nSPS) is 16.9. The lowest BCUT2D eigenvalue weighted by molar-refractivity contribution is 0.0692. The smallest absolute Gasteiger partial charge is 0.254 e. The predicted molar refractivity (Wildman–Crippen MR) is 73.6 cm³/mol. The van der Waals surface area contributed by atoms with Crippen molar-refractivity contribution in [3.05, 3.63) is 34.9 Å².